The molecule has 2 atom stereocenters. The van der Waals surface area contributed by atoms with Gasteiger partial charge in [-0.15, -0.1) is 0 Å². The predicted molar refractivity (Wildman–Crippen MR) is 107 cm³/mol. The quantitative estimate of drug-likeness (QED) is 0.168. The number of hydrogen-bond acceptors (Lipinski definition) is 2. The number of cyclic esters (lactones) is 1. The zero-order valence-corrected chi connectivity index (χ0v) is 16.5. The number of ether oxygens (including phenoxy) is 1. The number of carbonyl (C=O) groups is 1. The summed E-state index contributed by atoms with van der Waals surface area (Å²) in [7, 11) is 0. The van der Waals surface area contributed by atoms with Crippen LogP contribution < -0.4 is 0 Å². The van der Waals surface area contributed by atoms with Crippen LogP contribution in [0.2, 0.25) is 0 Å². The Labute approximate surface area is 155 Å². The first kappa shape index (κ1) is 20.5. The van der Waals surface area contributed by atoms with Crippen molar-refractivity contribution in [3.05, 3.63) is 36.5 Å². The van der Waals surface area contributed by atoms with Gasteiger partial charge in [0.05, 0.1) is 0 Å². The Balaban J connectivity index is 2.59. The standard InChI is InChI=1S/C20H31IO2/c1-2-3-12-15-18(21)19-16-13-10-8-6-4-5-7-9-11-14-17-20(22)23-19/h4,6-7,9-10,13,18-19H,2-3,5,8,11-12,14-17H2,1H3/b6-4+,9-7+,13-10+. The average molecular weight is 430 g/mol. The van der Waals surface area contributed by atoms with Gasteiger partial charge in [0.25, 0.3) is 0 Å². The van der Waals surface area contributed by atoms with Gasteiger partial charge in [-0.25, -0.2) is 0 Å². The van der Waals surface area contributed by atoms with Crippen LogP contribution in [0, 0.1) is 0 Å². The highest BCUT2D eigenvalue weighted by molar-refractivity contribution is 14.1. The van der Waals surface area contributed by atoms with E-state index in [2.05, 4.69) is 66.0 Å². The SMILES string of the molecule is CCCCCC(I)C1C/C=C/C/C=C/C/C=C/CCCC(=O)O1. The maximum absolute atomic E-state index is 12.1. The summed E-state index contributed by atoms with van der Waals surface area (Å²) in [4.78, 5) is 12.1. The lowest BCUT2D eigenvalue weighted by atomic mass is 10.1. The molecule has 0 aromatic heterocycles. The Hall–Kier alpha value is -0.580. The lowest BCUT2D eigenvalue weighted by Gasteiger charge is -2.22. The Morgan fingerprint density at radius 1 is 1.13 bits per heavy atom. The predicted octanol–water partition coefficient (Wildman–Crippen LogP) is 6.30. The van der Waals surface area contributed by atoms with Gasteiger partial charge in [0.1, 0.15) is 6.10 Å². The molecule has 0 spiro atoms. The fraction of sp³-hybridized carbons (Fsp3) is 0.650. The number of carbonyl (C=O) groups excluding carboxylic acids is 1. The van der Waals surface area contributed by atoms with Crippen molar-refractivity contribution in [1.82, 2.24) is 0 Å². The molecule has 1 rings (SSSR count). The summed E-state index contributed by atoms with van der Waals surface area (Å²) in [6.45, 7) is 2.22. The molecule has 0 saturated heterocycles. The normalized spacial score (nSPS) is 26.3. The zero-order chi connectivity index (χ0) is 16.8. The number of allylic oxidation sites excluding steroid dienone is 5. The number of unbranched alkanes of at least 4 members (excludes halogenated alkanes) is 2. The van der Waals surface area contributed by atoms with Gasteiger partial charge in [0, 0.05) is 16.8 Å². The summed E-state index contributed by atoms with van der Waals surface area (Å²) in [5.74, 6) is -0.0399. The molecule has 0 fully saturated rings. The molecule has 0 saturated carbocycles. The molecule has 0 bridgehead atoms. The van der Waals surface area contributed by atoms with E-state index in [0.29, 0.717) is 10.3 Å². The Morgan fingerprint density at radius 2 is 1.83 bits per heavy atom. The van der Waals surface area contributed by atoms with E-state index in [1.807, 2.05) is 0 Å². The Kier molecular flexibility index (Phi) is 12.3. The highest BCUT2D eigenvalue weighted by atomic mass is 127. The van der Waals surface area contributed by atoms with Crippen LogP contribution >= 0.6 is 22.6 Å². The second-order valence-corrected chi connectivity index (χ2v) is 7.65. The highest BCUT2D eigenvalue weighted by Crippen LogP contribution is 2.22. The fourth-order valence-electron chi connectivity index (χ4n) is 2.53. The molecule has 3 heteroatoms. The van der Waals surface area contributed by atoms with Crippen molar-refractivity contribution < 1.29 is 9.53 Å². The number of hydrogen-bond donors (Lipinski definition) is 0. The summed E-state index contributed by atoms with van der Waals surface area (Å²) < 4.78 is 6.18. The molecular formula is C20H31IO2. The molecule has 0 radical (unpaired) electrons. The van der Waals surface area contributed by atoms with Gasteiger partial charge in [-0.3, -0.25) is 4.79 Å². The van der Waals surface area contributed by atoms with Crippen LogP contribution in [0.5, 0.6) is 0 Å². The van der Waals surface area contributed by atoms with E-state index < -0.39 is 0 Å². The van der Waals surface area contributed by atoms with Gasteiger partial charge in [0.2, 0.25) is 0 Å². The summed E-state index contributed by atoms with van der Waals surface area (Å²) >= 11 is 2.46. The van der Waals surface area contributed by atoms with Gasteiger partial charge in [-0.1, -0.05) is 85.2 Å². The van der Waals surface area contributed by atoms with Crippen molar-refractivity contribution in [3.63, 3.8) is 0 Å². The lowest BCUT2D eigenvalue weighted by molar-refractivity contribution is -0.148. The smallest absolute Gasteiger partial charge is 0.306 e. The molecule has 0 aromatic rings. The van der Waals surface area contributed by atoms with E-state index in [1.54, 1.807) is 0 Å². The van der Waals surface area contributed by atoms with Crippen LogP contribution in [-0.2, 0) is 9.53 Å². The van der Waals surface area contributed by atoms with E-state index >= 15 is 0 Å². The third-order valence-corrected chi connectivity index (χ3v) is 5.36. The molecule has 2 nitrogen and oxygen atoms in total. The maximum atomic E-state index is 12.1. The summed E-state index contributed by atoms with van der Waals surface area (Å²) in [5, 5.41) is 0. The van der Waals surface area contributed by atoms with Crippen LogP contribution in [-0.4, -0.2) is 16.0 Å². The molecule has 23 heavy (non-hydrogen) atoms. The summed E-state index contributed by atoms with van der Waals surface area (Å²) in [5.41, 5.74) is 0. The van der Waals surface area contributed by atoms with Crippen molar-refractivity contribution >= 4 is 28.6 Å². The van der Waals surface area contributed by atoms with Crippen molar-refractivity contribution in [3.8, 4) is 0 Å². The minimum Gasteiger partial charge on any atom is -0.461 e. The van der Waals surface area contributed by atoms with E-state index in [4.69, 9.17) is 4.74 Å². The van der Waals surface area contributed by atoms with Gasteiger partial charge in [-0.05, 0) is 32.1 Å². The molecular weight excluding hydrogens is 399 g/mol. The number of alkyl halides is 1. The zero-order valence-electron chi connectivity index (χ0n) is 14.4. The molecule has 1 aliphatic heterocycles. The second-order valence-electron chi connectivity index (χ2n) is 6.05. The molecule has 130 valence electrons. The molecule has 0 amide bonds. The molecule has 0 N–H and O–H groups in total. The van der Waals surface area contributed by atoms with E-state index in [9.17, 15) is 4.79 Å². The first-order chi connectivity index (χ1) is 11.2. The fourth-order valence-corrected chi connectivity index (χ4v) is 3.41. The molecule has 0 aromatic carbocycles. The maximum Gasteiger partial charge on any atom is 0.306 e. The van der Waals surface area contributed by atoms with E-state index in [1.165, 1.54) is 19.3 Å². The molecule has 2 unspecified atom stereocenters. The number of halogens is 1. The lowest BCUT2D eigenvalue weighted by Crippen LogP contribution is -2.27. The largest absolute Gasteiger partial charge is 0.461 e. The van der Waals surface area contributed by atoms with Crippen LogP contribution in [0.15, 0.2) is 36.5 Å². The first-order valence-electron chi connectivity index (χ1n) is 9.02. The van der Waals surface area contributed by atoms with Gasteiger partial charge in [0.15, 0.2) is 0 Å². The average Bonchev–Trinajstić information content (AvgIpc) is 2.55. The molecule has 1 heterocycles. The number of rotatable bonds is 5. The Morgan fingerprint density at radius 3 is 2.57 bits per heavy atom. The number of esters is 1. The Bertz CT molecular complexity index is 398. The van der Waals surface area contributed by atoms with Crippen molar-refractivity contribution in [2.45, 2.75) is 81.2 Å². The van der Waals surface area contributed by atoms with Gasteiger partial charge < -0.3 is 4.74 Å². The monoisotopic (exact) mass is 430 g/mol. The minimum absolute atomic E-state index is 0.0147. The van der Waals surface area contributed by atoms with Crippen LogP contribution in [0.25, 0.3) is 0 Å². The van der Waals surface area contributed by atoms with E-state index in [0.717, 1.165) is 38.5 Å². The minimum atomic E-state index is -0.0399. The van der Waals surface area contributed by atoms with Crippen molar-refractivity contribution in [1.29, 1.82) is 0 Å². The van der Waals surface area contributed by atoms with Crippen LogP contribution in [0.4, 0.5) is 0 Å². The van der Waals surface area contributed by atoms with Crippen molar-refractivity contribution in [2.24, 2.45) is 0 Å². The van der Waals surface area contributed by atoms with Crippen LogP contribution in [0.1, 0.15) is 71.1 Å². The van der Waals surface area contributed by atoms with Gasteiger partial charge in [-0.2, -0.15) is 0 Å². The third kappa shape index (κ3) is 10.7. The summed E-state index contributed by atoms with van der Waals surface area (Å²) in [6, 6.07) is 0. The highest BCUT2D eigenvalue weighted by Gasteiger charge is 2.21. The van der Waals surface area contributed by atoms with Crippen LogP contribution in [0.3, 0.4) is 0 Å². The molecule has 0 aliphatic carbocycles. The third-order valence-electron chi connectivity index (χ3n) is 3.93. The van der Waals surface area contributed by atoms with E-state index in [-0.39, 0.29) is 12.1 Å². The van der Waals surface area contributed by atoms with Crippen molar-refractivity contribution in [2.75, 3.05) is 0 Å². The first-order valence-corrected chi connectivity index (χ1v) is 10.3. The second kappa shape index (κ2) is 13.8. The van der Waals surface area contributed by atoms with Gasteiger partial charge >= 0.3 is 5.97 Å². The molecule has 1 aliphatic rings. The topological polar surface area (TPSA) is 26.3 Å². The summed E-state index contributed by atoms with van der Waals surface area (Å²) in [6.07, 6.45) is 23.0.